The molecule has 0 saturated carbocycles. The lowest BCUT2D eigenvalue weighted by Gasteiger charge is -2.30. The molecule has 24 heavy (non-hydrogen) atoms. The molecule has 126 valence electrons. The topological polar surface area (TPSA) is 70.6 Å². The summed E-state index contributed by atoms with van der Waals surface area (Å²) in [7, 11) is 1.53. The molecular weight excluding hydrogens is 304 g/mol. The van der Waals surface area contributed by atoms with Gasteiger partial charge in [0.05, 0.1) is 18.8 Å². The molecule has 0 saturated heterocycles. The molecule has 1 aliphatic rings. The van der Waals surface area contributed by atoms with Crippen LogP contribution in [0, 0.1) is 0 Å². The fraction of sp³-hybridized carbons (Fsp3) is 0.316. The number of amides is 1. The summed E-state index contributed by atoms with van der Waals surface area (Å²) < 4.78 is 5.19. The molecule has 5 nitrogen and oxygen atoms in total. The molecule has 0 bridgehead atoms. The highest BCUT2D eigenvalue weighted by atomic mass is 16.5. The Balaban J connectivity index is 1.58. The molecule has 5 heteroatoms. The minimum absolute atomic E-state index is 0.0714. The van der Waals surface area contributed by atoms with E-state index in [1.807, 2.05) is 18.2 Å². The van der Waals surface area contributed by atoms with Gasteiger partial charge in [-0.2, -0.15) is 0 Å². The zero-order valence-corrected chi connectivity index (χ0v) is 13.7. The lowest BCUT2D eigenvalue weighted by atomic mass is 9.93. The Bertz CT molecular complexity index is 717. The molecule has 2 aromatic rings. The van der Waals surface area contributed by atoms with Crippen LogP contribution >= 0.6 is 0 Å². The van der Waals surface area contributed by atoms with Crippen LogP contribution < -0.4 is 15.4 Å². The van der Waals surface area contributed by atoms with Crippen LogP contribution in [0.4, 0.5) is 0 Å². The summed E-state index contributed by atoms with van der Waals surface area (Å²) in [5, 5.41) is 16.5. The molecule has 0 radical (unpaired) electrons. The summed E-state index contributed by atoms with van der Waals surface area (Å²) >= 11 is 0. The molecule has 2 atom stereocenters. The van der Waals surface area contributed by atoms with Gasteiger partial charge in [0.1, 0.15) is 5.75 Å². The number of benzene rings is 2. The number of carbonyl (C=O) groups excluding carboxylic acids is 1. The standard InChI is InChI=1S/C19H22N2O3/c1-24-18-9-5-4-8-15(18)19(23)21-12-17(22)16-10-13-6-2-3-7-14(13)11-20-16/h2-9,16-17,20,22H,10-12H2,1H3,(H,21,23)/t16-,17+/m0/s1. The third-order valence-corrected chi connectivity index (χ3v) is 4.40. The van der Waals surface area contributed by atoms with E-state index in [0.29, 0.717) is 11.3 Å². The number of hydrogen-bond donors (Lipinski definition) is 3. The van der Waals surface area contributed by atoms with Crippen molar-refractivity contribution in [1.82, 2.24) is 10.6 Å². The molecule has 0 fully saturated rings. The van der Waals surface area contributed by atoms with Crippen molar-refractivity contribution in [1.29, 1.82) is 0 Å². The predicted octanol–water partition coefficient (Wildman–Crippen LogP) is 1.50. The van der Waals surface area contributed by atoms with Crippen LogP contribution in [0.15, 0.2) is 48.5 Å². The second-order valence-corrected chi connectivity index (χ2v) is 5.94. The van der Waals surface area contributed by atoms with E-state index in [9.17, 15) is 9.90 Å². The number of fused-ring (bicyclic) bond motifs is 1. The summed E-state index contributed by atoms with van der Waals surface area (Å²) in [4.78, 5) is 12.3. The number of hydrogen-bond acceptors (Lipinski definition) is 4. The van der Waals surface area contributed by atoms with Crippen molar-refractivity contribution in [3.8, 4) is 5.75 Å². The van der Waals surface area contributed by atoms with E-state index < -0.39 is 6.10 Å². The Labute approximate surface area is 141 Å². The molecule has 3 rings (SSSR count). The summed E-state index contributed by atoms with van der Waals surface area (Å²) in [5.41, 5.74) is 2.98. The fourth-order valence-corrected chi connectivity index (χ4v) is 3.02. The molecule has 1 heterocycles. The molecule has 0 unspecified atom stereocenters. The molecule has 0 spiro atoms. The molecule has 2 aromatic carbocycles. The van der Waals surface area contributed by atoms with Crippen LogP contribution in [0.1, 0.15) is 21.5 Å². The third-order valence-electron chi connectivity index (χ3n) is 4.40. The number of para-hydroxylation sites is 1. The zero-order valence-electron chi connectivity index (χ0n) is 13.7. The van der Waals surface area contributed by atoms with Gasteiger partial charge >= 0.3 is 0 Å². The Morgan fingerprint density at radius 1 is 1.25 bits per heavy atom. The Kier molecular flexibility index (Phi) is 5.13. The van der Waals surface area contributed by atoms with Gasteiger partial charge in [-0.1, -0.05) is 36.4 Å². The van der Waals surface area contributed by atoms with Gasteiger partial charge in [0.15, 0.2) is 0 Å². The van der Waals surface area contributed by atoms with Gasteiger partial charge in [0.2, 0.25) is 0 Å². The first-order valence-electron chi connectivity index (χ1n) is 8.08. The maximum Gasteiger partial charge on any atom is 0.255 e. The lowest BCUT2D eigenvalue weighted by Crippen LogP contribution is -2.49. The fourth-order valence-electron chi connectivity index (χ4n) is 3.02. The van der Waals surface area contributed by atoms with Crippen molar-refractivity contribution in [2.24, 2.45) is 0 Å². The maximum absolute atomic E-state index is 12.3. The lowest BCUT2D eigenvalue weighted by molar-refractivity contribution is 0.0867. The second kappa shape index (κ2) is 7.47. The van der Waals surface area contributed by atoms with Crippen LogP contribution in [-0.4, -0.2) is 36.8 Å². The van der Waals surface area contributed by atoms with Crippen molar-refractivity contribution in [2.75, 3.05) is 13.7 Å². The van der Waals surface area contributed by atoms with Crippen molar-refractivity contribution in [3.63, 3.8) is 0 Å². The van der Waals surface area contributed by atoms with Gasteiger partial charge in [0, 0.05) is 19.1 Å². The maximum atomic E-state index is 12.3. The first-order chi connectivity index (χ1) is 11.7. The molecule has 1 amide bonds. The Morgan fingerprint density at radius 3 is 2.75 bits per heavy atom. The van der Waals surface area contributed by atoms with Crippen molar-refractivity contribution < 1.29 is 14.6 Å². The molecule has 3 N–H and O–H groups in total. The SMILES string of the molecule is COc1ccccc1C(=O)NC[C@@H](O)[C@@H]1Cc2ccccc2CN1. The average molecular weight is 326 g/mol. The summed E-state index contributed by atoms with van der Waals surface area (Å²) in [6.07, 6.45) is 0.0963. The van der Waals surface area contributed by atoms with Gasteiger partial charge < -0.3 is 20.5 Å². The van der Waals surface area contributed by atoms with E-state index in [2.05, 4.69) is 22.8 Å². The zero-order chi connectivity index (χ0) is 16.9. The van der Waals surface area contributed by atoms with E-state index >= 15 is 0 Å². The molecule has 1 aliphatic heterocycles. The van der Waals surface area contributed by atoms with Crippen LogP contribution in [0.25, 0.3) is 0 Å². The summed E-state index contributed by atoms with van der Waals surface area (Å²) in [6, 6.07) is 15.2. The first-order valence-corrected chi connectivity index (χ1v) is 8.08. The normalized spacial score (nSPS) is 17.7. The van der Waals surface area contributed by atoms with Crippen LogP contribution in [0.5, 0.6) is 5.75 Å². The summed E-state index contributed by atoms with van der Waals surface area (Å²) in [5.74, 6) is 0.275. The van der Waals surface area contributed by atoms with Crippen LogP contribution in [0.2, 0.25) is 0 Å². The predicted molar refractivity (Wildman–Crippen MR) is 92.1 cm³/mol. The van der Waals surface area contributed by atoms with Gasteiger partial charge in [-0.3, -0.25) is 4.79 Å². The van der Waals surface area contributed by atoms with Crippen LogP contribution in [-0.2, 0) is 13.0 Å². The van der Waals surface area contributed by atoms with Crippen LogP contribution in [0.3, 0.4) is 0 Å². The number of nitrogens with one attached hydrogen (secondary N) is 2. The minimum Gasteiger partial charge on any atom is -0.496 e. The Hall–Kier alpha value is -2.37. The number of methoxy groups -OCH3 is 1. The molecule has 0 aromatic heterocycles. The van der Waals surface area contributed by atoms with Gasteiger partial charge in [0.25, 0.3) is 5.91 Å². The van der Waals surface area contributed by atoms with Crippen molar-refractivity contribution in [2.45, 2.75) is 25.1 Å². The molecule has 0 aliphatic carbocycles. The van der Waals surface area contributed by atoms with E-state index in [1.54, 1.807) is 18.2 Å². The third kappa shape index (κ3) is 3.58. The number of rotatable bonds is 5. The number of aliphatic hydroxyl groups excluding tert-OH is 1. The average Bonchev–Trinajstić information content (AvgIpc) is 2.65. The summed E-state index contributed by atoms with van der Waals surface area (Å²) in [6.45, 7) is 0.926. The van der Waals surface area contributed by atoms with E-state index in [0.717, 1.165) is 13.0 Å². The van der Waals surface area contributed by atoms with Crippen molar-refractivity contribution in [3.05, 3.63) is 65.2 Å². The van der Waals surface area contributed by atoms with Gasteiger partial charge in [-0.25, -0.2) is 0 Å². The highest BCUT2D eigenvalue weighted by molar-refractivity contribution is 5.96. The van der Waals surface area contributed by atoms with Gasteiger partial charge in [-0.05, 0) is 29.7 Å². The largest absolute Gasteiger partial charge is 0.496 e. The first kappa shape index (κ1) is 16.5. The highest BCUT2D eigenvalue weighted by Crippen LogP contribution is 2.19. The van der Waals surface area contributed by atoms with E-state index in [-0.39, 0.29) is 18.5 Å². The Morgan fingerprint density at radius 2 is 1.96 bits per heavy atom. The number of aliphatic hydroxyl groups is 1. The minimum atomic E-state index is -0.656. The number of ether oxygens (including phenoxy) is 1. The molecular formula is C19H22N2O3. The van der Waals surface area contributed by atoms with Crippen molar-refractivity contribution >= 4 is 5.91 Å². The highest BCUT2D eigenvalue weighted by Gasteiger charge is 2.24. The quantitative estimate of drug-likeness (QED) is 0.779. The van der Waals surface area contributed by atoms with E-state index in [1.165, 1.54) is 18.2 Å². The number of carbonyl (C=O) groups is 1. The second-order valence-electron chi connectivity index (χ2n) is 5.94. The van der Waals surface area contributed by atoms with E-state index in [4.69, 9.17) is 4.74 Å². The smallest absolute Gasteiger partial charge is 0.255 e. The van der Waals surface area contributed by atoms with Gasteiger partial charge in [-0.15, -0.1) is 0 Å². The monoisotopic (exact) mass is 326 g/mol.